The van der Waals surface area contributed by atoms with Crippen LogP contribution in [0, 0.1) is 11.8 Å². The van der Waals surface area contributed by atoms with Crippen LogP contribution in [0.25, 0.3) is 5.65 Å². The monoisotopic (exact) mass is 401 g/mol. The second kappa shape index (κ2) is 8.37. The lowest BCUT2D eigenvalue weighted by Gasteiger charge is -2.11. The first-order valence-corrected chi connectivity index (χ1v) is 8.76. The summed E-state index contributed by atoms with van der Waals surface area (Å²) in [5, 5.41) is 3.01. The first kappa shape index (κ1) is 20.4. The number of benzene rings is 1. The molecule has 2 aromatic heterocycles. The average molecular weight is 401 g/mol. The number of esters is 1. The first-order valence-electron chi connectivity index (χ1n) is 8.76. The molecule has 0 saturated heterocycles. The van der Waals surface area contributed by atoms with Crippen LogP contribution in [0.2, 0.25) is 0 Å². The fourth-order valence-corrected chi connectivity index (χ4v) is 2.75. The van der Waals surface area contributed by atoms with E-state index in [-0.39, 0.29) is 18.2 Å². The largest absolute Gasteiger partial charge is 0.468 e. The van der Waals surface area contributed by atoms with Crippen molar-refractivity contribution in [3.8, 4) is 11.8 Å². The lowest BCUT2D eigenvalue weighted by atomic mass is 10.1. The van der Waals surface area contributed by atoms with Gasteiger partial charge in [-0.1, -0.05) is 18.1 Å². The van der Waals surface area contributed by atoms with Crippen LogP contribution in [0.1, 0.15) is 35.5 Å². The number of halogens is 3. The van der Waals surface area contributed by atoms with Gasteiger partial charge in [-0.05, 0) is 43.2 Å². The molecule has 2 heterocycles. The highest BCUT2D eigenvalue weighted by Crippen LogP contribution is 2.29. The average Bonchev–Trinajstić information content (AvgIpc) is 3.08. The van der Waals surface area contributed by atoms with E-state index in [0.29, 0.717) is 17.0 Å². The molecule has 0 saturated carbocycles. The smallest absolute Gasteiger partial charge is 0.416 e. The Hall–Kier alpha value is -3.31. The molecule has 1 atom stereocenters. The van der Waals surface area contributed by atoms with Crippen molar-refractivity contribution < 1.29 is 22.7 Å². The highest BCUT2D eigenvalue weighted by Gasteiger charge is 2.30. The van der Waals surface area contributed by atoms with Crippen molar-refractivity contribution in [1.82, 2.24) is 14.7 Å². The van der Waals surface area contributed by atoms with E-state index in [2.05, 4.69) is 26.9 Å². The van der Waals surface area contributed by atoms with E-state index in [1.165, 1.54) is 19.2 Å². The van der Waals surface area contributed by atoms with E-state index in [0.717, 1.165) is 12.1 Å². The van der Waals surface area contributed by atoms with Gasteiger partial charge in [0.2, 0.25) is 0 Å². The number of nitrogens with zero attached hydrogens (tertiary/aromatic N) is 2. The van der Waals surface area contributed by atoms with Gasteiger partial charge < -0.3 is 4.74 Å². The molecule has 1 N–H and O–H groups in total. The Morgan fingerprint density at radius 2 is 2.03 bits per heavy atom. The van der Waals surface area contributed by atoms with E-state index in [1.807, 2.05) is 13.0 Å². The molecule has 0 aliphatic rings. The van der Waals surface area contributed by atoms with Crippen molar-refractivity contribution in [3.63, 3.8) is 0 Å². The van der Waals surface area contributed by atoms with Crippen LogP contribution in [0.5, 0.6) is 0 Å². The highest BCUT2D eigenvalue weighted by atomic mass is 19.4. The van der Waals surface area contributed by atoms with Gasteiger partial charge in [-0.2, -0.15) is 13.2 Å². The molecule has 0 spiro atoms. The van der Waals surface area contributed by atoms with Crippen molar-refractivity contribution in [2.45, 2.75) is 19.1 Å². The van der Waals surface area contributed by atoms with Crippen LogP contribution >= 0.6 is 0 Å². The molecule has 29 heavy (non-hydrogen) atoms. The van der Waals surface area contributed by atoms with Gasteiger partial charge >= 0.3 is 12.1 Å². The second-order valence-electron chi connectivity index (χ2n) is 6.28. The molecular weight excluding hydrogens is 383 g/mol. The minimum Gasteiger partial charge on any atom is -0.468 e. The number of alkyl halides is 3. The van der Waals surface area contributed by atoms with Crippen LogP contribution in [-0.4, -0.2) is 29.0 Å². The molecule has 1 aromatic carbocycles. The van der Waals surface area contributed by atoms with Gasteiger partial charge in [0.1, 0.15) is 11.3 Å². The van der Waals surface area contributed by atoms with Crippen molar-refractivity contribution in [2.24, 2.45) is 0 Å². The molecule has 0 radical (unpaired) electrons. The summed E-state index contributed by atoms with van der Waals surface area (Å²) in [7, 11) is 1.30. The molecule has 0 bridgehead atoms. The highest BCUT2D eigenvalue weighted by molar-refractivity contribution is 5.71. The summed E-state index contributed by atoms with van der Waals surface area (Å²) in [6, 6.07) is 9.94. The SMILES string of the molecule is COC(=O)CNC(C)c1nc2ccccn2c1C#Cc1cccc(C(F)(F)F)c1. The topological polar surface area (TPSA) is 55.6 Å². The van der Waals surface area contributed by atoms with Crippen molar-refractivity contribution in [1.29, 1.82) is 0 Å². The minimum absolute atomic E-state index is 0.00790. The normalized spacial score (nSPS) is 12.3. The predicted molar refractivity (Wildman–Crippen MR) is 101 cm³/mol. The van der Waals surface area contributed by atoms with Gasteiger partial charge in [-0.3, -0.25) is 14.5 Å². The van der Waals surface area contributed by atoms with E-state index in [9.17, 15) is 18.0 Å². The summed E-state index contributed by atoms with van der Waals surface area (Å²) in [6.45, 7) is 1.81. The van der Waals surface area contributed by atoms with Crippen LogP contribution in [0.4, 0.5) is 13.2 Å². The Balaban J connectivity index is 1.99. The lowest BCUT2D eigenvalue weighted by Crippen LogP contribution is -2.27. The number of aromatic nitrogens is 2. The summed E-state index contributed by atoms with van der Waals surface area (Å²) >= 11 is 0. The van der Waals surface area contributed by atoms with Gasteiger partial charge in [-0.25, -0.2) is 4.98 Å². The Labute approximate surface area is 165 Å². The molecule has 5 nitrogen and oxygen atoms in total. The quantitative estimate of drug-likeness (QED) is 0.536. The third kappa shape index (κ3) is 4.76. The molecule has 3 aromatic rings. The van der Waals surface area contributed by atoms with Gasteiger partial charge in [0.05, 0.1) is 24.9 Å². The third-order valence-corrected chi connectivity index (χ3v) is 4.26. The van der Waals surface area contributed by atoms with Crippen molar-refractivity contribution in [3.05, 3.63) is 71.2 Å². The number of imidazole rings is 1. The summed E-state index contributed by atoms with van der Waals surface area (Å²) in [5.74, 6) is 5.31. The van der Waals surface area contributed by atoms with Crippen molar-refractivity contribution >= 4 is 11.6 Å². The van der Waals surface area contributed by atoms with Gasteiger partial charge in [0, 0.05) is 17.8 Å². The fourth-order valence-electron chi connectivity index (χ4n) is 2.75. The van der Waals surface area contributed by atoms with Gasteiger partial charge in [0.25, 0.3) is 0 Å². The van der Waals surface area contributed by atoms with Crippen LogP contribution in [-0.2, 0) is 15.7 Å². The van der Waals surface area contributed by atoms with Crippen LogP contribution < -0.4 is 5.32 Å². The summed E-state index contributed by atoms with van der Waals surface area (Å²) in [4.78, 5) is 15.9. The number of fused-ring (bicyclic) bond motifs is 1. The Morgan fingerprint density at radius 3 is 2.76 bits per heavy atom. The molecule has 0 amide bonds. The Bertz CT molecular complexity index is 1090. The molecule has 0 fully saturated rings. The number of ether oxygens (including phenoxy) is 1. The third-order valence-electron chi connectivity index (χ3n) is 4.26. The zero-order chi connectivity index (χ0) is 21.0. The maximum absolute atomic E-state index is 12.9. The molecule has 0 aliphatic carbocycles. The van der Waals surface area contributed by atoms with Crippen LogP contribution in [0.3, 0.4) is 0 Å². The predicted octanol–water partition coefficient (Wildman–Crippen LogP) is 3.58. The Kier molecular flexibility index (Phi) is 5.89. The molecular formula is C21H18F3N3O2. The summed E-state index contributed by atoms with van der Waals surface area (Å²) < 4.78 is 45.2. The minimum atomic E-state index is -4.43. The summed E-state index contributed by atoms with van der Waals surface area (Å²) in [6.07, 6.45) is -2.66. The molecule has 1 unspecified atom stereocenters. The number of hydrogen-bond acceptors (Lipinski definition) is 4. The first-order chi connectivity index (χ1) is 13.8. The van der Waals surface area contributed by atoms with Gasteiger partial charge in [-0.15, -0.1) is 0 Å². The van der Waals surface area contributed by atoms with E-state index >= 15 is 0 Å². The number of pyridine rings is 1. The fraction of sp³-hybridized carbons (Fsp3) is 0.238. The number of rotatable bonds is 4. The molecule has 0 aliphatic heterocycles. The zero-order valence-corrected chi connectivity index (χ0v) is 15.7. The van der Waals surface area contributed by atoms with Crippen molar-refractivity contribution in [2.75, 3.05) is 13.7 Å². The maximum atomic E-state index is 12.9. The zero-order valence-electron chi connectivity index (χ0n) is 15.7. The number of hydrogen-bond donors (Lipinski definition) is 1. The standard InChI is InChI=1S/C21H18F3N3O2/c1-14(25-13-19(28)29-2)20-17(27-11-4-3-8-18(27)26-20)10-9-15-6-5-7-16(12-15)21(22,23)24/h3-8,11-12,14,25H,13H2,1-2H3. The van der Waals surface area contributed by atoms with E-state index in [4.69, 9.17) is 0 Å². The number of nitrogens with one attached hydrogen (secondary N) is 1. The Morgan fingerprint density at radius 1 is 1.24 bits per heavy atom. The summed E-state index contributed by atoms with van der Waals surface area (Å²) in [5.41, 5.74) is 1.24. The maximum Gasteiger partial charge on any atom is 0.416 e. The van der Waals surface area contributed by atoms with E-state index < -0.39 is 17.7 Å². The molecule has 3 rings (SSSR count). The second-order valence-corrected chi connectivity index (χ2v) is 6.28. The number of carbonyl (C=O) groups excluding carboxylic acids is 1. The molecule has 150 valence electrons. The van der Waals surface area contributed by atoms with Gasteiger partial charge in [0.15, 0.2) is 0 Å². The lowest BCUT2D eigenvalue weighted by molar-refractivity contribution is -0.140. The number of methoxy groups -OCH3 is 1. The van der Waals surface area contributed by atoms with Crippen LogP contribution in [0.15, 0.2) is 48.7 Å². The van der Waals surface area contributed by atoms with E-state index in [1.54, 1.807) is 22.7 Å². The number of carbonyl (C=O) groups is 1. The molecule has 8 heteroatoms.